The first-order chi connectivity index (χ1) is 6.36. The van der Waals surface area contributed by atoms with Crippen molar-refractivity contribution in [2.45, 2.75) is 19.8 Å². The van der Waals surface area contributed by atoms with Gasteiger partial charge in [-0.05, 0) is 49.9 Å². The fraction of sp³-hybridized carbons (Fsp3) is 0.500. The molecule has 1 saturated heterocycles. The zero-order valence-electron chi connectivity index (χ0n) is 8.22. The van der Waals surface area contributed by atoms with Gasteiger partial charge in [0.15, 0.2) is 0 Å². The van der Waals surface area contributed by atoms with E-state index in [0.717, 1.165) is 5.92 Å². The molecule has 1 aliphatic heterocycles. The summed E-state index contributed by atoms with van der Waals surface area (Å²) in [5, 5.41) is 3.41. The summed E-state index contributed by atoms with van der Waals surface area (Å²) in [4.78, 5) is 0. The van der Waals surface area contributed by atoms with Gasteiger partial charge in [0.05, 0.1) is 0 Å². The average molecular weight is 175 g/mol. The summed E-state index contributed by atoms with van der Waals surface area (Å²) in [6.45, 7) is 4.61. The van der Waals surface area contributed by atoms with Gasteiger partial charge in [0, 0.05) is 0 Å². The topological polar surface area (TPSA) is 12.0 Å². The molecule has 0 amide bonds. The molecule has 0 aromatic heterocycles. The van der Waals surface area contributed by atoms with Crippen LogP contribution in [-0.2, 0) is 6.42 Å². The Morgan fingerprint density at radius 2 is 2.23 bits per heavy atom. The van der Waals surface area contributed by atoms with Crippen LogP contribution in [0.5, 0.6) is 0 Å². The summed E-state index contributed by atoms with van der Waals surface area (Å²) in [5.41, 5.74) is 2.96. The summed E-state index contributed by atoms with van der Waals surface area (Å²) in [6, 6.07) is 8.72. The molecule has 1 aliphatic rings. The number of aryl methyl sites for hydroxylation is 1. The molecule has 1 aromatic rings. The first-order valence-electron chi connectivity index (χ1n) is 5.11. The molecular weight excluding hydrogens is 158 g/mol. The van der Waals surface area contributed by atoms with Crippen molar-refractivity contribution in [1.29, 1.82) is 0 Å². The molecule has 1 N–H and O–H groups in total. The number of hydrogen-bond donors (Lipinski definition) is 1. The van der Waals surface area contributed by atoms with E-state index in [0.29, 0.717) is 0 Å². The molecule has 13 heavy (non-hydrogen) atoms. The van der Waals surface area contributed by atoms with E-state index in [4.69, 9.17) is 0 Å². The highest BCUT2D eigenvalue weighted by atomic mass is 14.9. The molecule has 1 heterocycles. The van der Waals surface area contributed by atoms with E-state index in [-0.39, 0.29) is 0 Å². The van der Waals surface area contributed by atoms with Crippen molar-refractivity contribution < 1.29 is 0 Å². The molecule has 0 bridgehead atoms. The van der Waals surface area contributed by atoms with Gasteiger partial charge in [0.1, 0.15) is 0 Å². The van der Waals surface area contributed by atoms with Crippen molar-refractivity contribution in [3.8, 4) is 0 Å². The van der Waals surface area contributed by atoms with Gasteiger partial charge in [-0.25, -0.2) is 0 Å². The fourth-order valence-corrected chi connectivity index (χ4v) is 2.04. The Bertz CT molecular complexity index is 274. The smallest absolute Gasteiger partial charge is 0.00169 e. The first-order valence-corrected chi connectivity index (χ1v) is 5.11. The molecular formula is C12H17N. The van der Waals surface area contributed by atoms with Gasteiger partial charge in [0.25, 0.3) is 0 Å². The highest BCUT2D eigenvalue weighted by molar-refractivity contribution is 5.26. The Hall–Kier alpha value is -0.820. The van der Waals surface area contributed by atoms with Crippen LogP contribution in [0.25, 0.3) is 0 Å². The van der Waals surface area contributed by atoms with Crippen LogP contribution in [0.1, 0.15) is 17.5 Å². The van der Waals surface area contributed by atoms with Crippen LogP contribution < -0.4 is 5.32 Å². The zero-order chi connectivity index (χ0) is 9.10. The molecule has 0 spiro atoms. The minimum Gasteiger partial charge on any atom is -0.316 e. The largest absolute Gasteiger partial charge is 0.316 e. The van der Waals surface area contributed by atoms with Crippen LogP contribution in [0.15, 0.2) is 24.3 Å². The van der Waals surface area contributed by atoms with Gasteiger partial charge in [0.2, 0.25) is 0 Å². The summed E-state index contributed by atoms with van der Waals surface area (Å²) in [5.74, 6) is 0.862. The molecule has 2 rings (SSSR count). The number of rotatable bonds is 2. The maximum atomic E-state index is 3.41. The summed E-state index contributed by atoms with van der Waals surface area (Å²) in [7, 11) is 0. The lowest BCUT2D eigenvalue weighted by atomic mass is 9.96. The summed E-state index contributed by atoms with van der Waals surface area (Å²) >= 11 is 0. The van der Waals surface area contributed by atoms with E-state index in [1.807, 2.05) is 0 Å². The van der Waals surface area contributed by atoms with Gasteiger partial charge in [-0.1, -0.05) is 24.3 Å². The van der Waals surface area contributed by atoms with Crippen molar-refractivity contribution in [3.05, 3.63) is 35.4 Å². The van der Waals surface area contributed by atoms with E-state index in [2.05, 4.69) is 36.5 Å². The number of benzene rings is 1. The number of hydrogen-bond acceptors (Lipinski definition) is 1. The van der Waals surface area contributed by atoms with Gasteiger partial charge in [-0.2, -0.15) is 0 Å². The molecule has 1 fully saturated rings. The highest BCUT2D eigenvalue weighted by Gasteiger charge is 2.15. The minimum atomic E-state index is 0.862. The average Bonchev–Trinajstić information content (AvgIpc) is 2.61. The van der Waals surface area contributed by atoms with Crippen LogP contribution in [-0.4, -0.2) is 13.1 Å². The molecule has 1 atom stereocenters. The van der Waals surface area contributed by atoms with Gasteiger partial charge in [-0.15, -0.1) is 0 Å². The van der Waals surface area contributed by atoms with E-state index < -0.39 is 0 Å². The molecule has 1 aromatic carbocycles. The van der Waals surface area contributed by atoms with E-state index >= 15 is 0 Å². The Kier molecular flexibility index (Phi) is 2.65. The Balaban J connectivity index is 2.04. The maximum Gasteiger partial charge on any atom is -0.00169 e. The molecule has 0 aliphatic carbocycles. The Labute approximate surface area is 80.2 Å². The van der Waals surface area contributed by atoms with Crippen molar-refractivity contribution in [1.82, 2.24) is 5.32 Å². The second-order valence-corrected chi connectivity index (χ2v) is 3.99. The quantitative estimate of drug-likeness (QED) is 0.726. The zero-order valence-corrected chi connectivity index (χ0v) is 8.22. The molecule has 0 unspecified atom stereocenters. The highest BCUT2D eigenvalue weighted by Crippen LogP contribution is 2.17. The SMILES string of the molecule is Cc1ccccc1C[C@H]1CCNC1. The monoisotopic (exact) mass is 175 g/mol. The van der Waals surface area contributed by atoms with Crippen molar-refractivity contribution in [3.63, 3.8) is 0 Å². The van der Waals surface area contributed by atoms with Gasteiger partial charge < -0.3 is 5.32 Å². The predicted molar refractivity (Wildman–Crippen MR) is 55.9 cm³/mol. The van der Waals surface area contributed by atoms with Crippen molar-refractivity contribution in [2.24, 2.45) is 5.92 Å². The number of nitrogens with one attached hydrogen (secondary N) is 1. The molecule has 1 heteroatoms. The Morgan fingerprint density at radius 1 is 1.38 bits per heavy atom. The van der Waals surface area contributed by atoms with Crippen LogP contribution in [0.3, 0.4) is 0 Å². The van der Waals surface area contributed by atoms with Crippen LogP contribution in [0, 0.1) is 12.8 Å². The normalized spacial score (nSPS) is 22.1. The molecule has 1 nitrogen and oxygen atoms in total. The van der Waals surface area contributed by atoms with Gasteiger partial charge in [-0.3, -0.25) is 0 Å². The maximum absolute atomic E-state index is 3.41. The molecule has 0 saturated carbocycles. The van der Waals surface area contributed by atoms with Crippen molar-refractivity contribution >= 4 is 0 Å². The second kappa shape index (κ2) is 3.93. The summed E-state index contributed by atoms with van der Waals surface area (Å²) in [6.07, 6.45) is 2.59. The third-order valence-electron chi connectivity index (χ3n) is 2.93. The Morgan fingerprint density at radius 3 is 2.92 bits per heavy atom. The fourth-order valence-electron chi connectivity index (χ4n) is 2.04. The second-order valence-electron chi connectivity index (χ2n) is 3.99. The first kappa shape index (κ1) is 8.76. The minimum absolute atomic E-state index is 0.862. The summed E-state index contributed by atoms with van der Waals surface area (Å²) < 4.78 is 0. The van der Waals surface area contributed by atoms with Crippen LogP contribution in [0.4, 0.5) is 0 Å². The lowest BCUT2D eigenvalue weighted by molar-refractivity contribution is 0.578. The predicted octanol–water partition coefficient (Wildman–Crippen LogP) is 2.15. The van der Waals surface area contributed by atoms with Crippen LogP contribution in [0.2, 0.25) is 0 Å². The standard InChI is InChI=1S/C12H17N/c1-10-4-2-3-5-12(10)8-11-6-7-13-9-11/h2-5,11,13H,6-9H2,1H3/t11-/m1/s1. The van der Waals surface area contributed by atoms with Crippen LogP contribution >= 0.6 is 0 Å². The van der Waals surface area contributed by atoms with E-state index in [9.17, 15) is 0 Å². The van der Waals surface area contributed by atoms with Crippen molar-refractivity contribution in [2.75, 3.05) is 13.1 Å². The third kappa shape index (κ3) is 2.10. The van der Waals surface area contributed by atoms with E-state index in [1.165, 1.54) is 37.1 Å². The van der Waals surface area contributed by atoms with Gasteiger partial charge >= 0.3 is 0 Å². The molecule has 70 valence electrons. The lowest BCUT2D eigenvalue weighted by Gasteiger charge is -2.10. The lowest BCUT2D eigenvalue weighted by Crippen LogP contribution is -2.11. The third-order valence-corrected chi connectivity index (χ3v) is 2.93. The molecule has 0 radical (unpaired) electrons. The van der Waals surface area contributed by atoms with E-state index in [1.54, 1.807) is 0 Å².